The Balaban J connectivity index is 1.70. The van der Waals surface area contributed by atoms with Crippen molar-refractivity contribution in [3.63, 3.8) is 0 Å². The van der Waals surface area contributed by atoms with E-state index in [4.69, 9.17) is 4.74 Å². The lowest BCUT2D eigenvalue weighted by Crippen LogP contribution is -2.40. The predicted octanol–water partition coefficient (Wildman–Crippen LogP) is 2.29. The topological polar surface area (TPSA) is 66.9 Å². The Labute approximate surface area is 160 Å². The highest BCUT2D eigenvalue weighted by atomic mass is 32.2. The molecule has 0 N–H and O–H groups in total. The van der Waals surface area contributed by atoms with Crippen molar-refractivity contribution in [2.24, 2.45) is 0 Å². The SMILES string of the molecule is Cc1ccc(CN(C)C(=O)c2ccc(S(=O)(=O)N3CCOCC3)cc2)cc1. The second-order valence-electron chi connectivity index (χ2n) is 6.69. The van der Waals surface area contributed by atoms with E-state index in [1.807, 2.05) is 31.2 Å². The lowest BCUT2D eigenvalue weighted by Gasteiger charge is -2.26. The number of aryl methyl sites for hydroxylation is 1. The summed E-state index contributed by atoms with van der Waals surface area (Å²) in [6.45, 7) is 4.02. The smallest absolute Gasteiger partial charge is 0.253 e. The molecule has 1 amide bonds. The third-order valence-electron chi connectivity index (χ3n) is 4.60. The van der Waals surface area contributed by atoms with Crippen molar-refractivity contribution in [2.75, 3.05) is 33.4 Å². The van der Waals surface area contributed by atoms with Gasteiger partial charge in [0.2, 0.25) is 10.0 Å². The van der Waals surface area contributed by atoms with Crippen molar-refractivity contribution in [1.29, 1.82) is 0 Å². The third-order valence-corrected chi connectivity index (χ3v) is 6.51. The lowest BCUT2D eigenvalue weighted by molar-refractivity contribution is 0.0730. The summed E-state index contributed by atoms with van der Waals surface area (Å²) in [6, 6.07) is 14.2. The largest absolute Gasteiger partial charge is 0.379 e. The maximum Gasteiger partial charge on any atom is 0.253 e. The number of carbonyl (C=O) groups is 1. The van der Waals surface area contributed by atoms with Crippen LogP contribution in [0.3, 0.4) is 0 Å². The number of sulfonamides is 1. The Morgan fingerprint density at radius 3 is 2.22 bits per heavy atom. The van der Waals surface area contributed by atoms with Gasteiger partial charge in [0.25, 0.3) is 5.91 Å². The van der Waals surface area contributed by atoms with Crippen LogP contribution in [0.2, 0.25) is 0 Å². The molecule has 0 atom stereocenters. The second-order valence-corrected chi connectivity index (χ2v) is 8.63. The highest BCUT2D eigenvalue weighted by Gasteiger charge is 2.26. The third kappa shape index (κ3) is 4.55. The molecular weight excluding hydrogens is 364 g/mol. The van der Waals surface area contributed by atoms with Crippen LogP contribution in [0.4, 0.5) is 0 Å². The monoisotopic (exact) mass is 388 g/mol. The maximum absolute atomic E-state index is 12.6. The number of hydrogen-bond acceptors (Lipinski definition) is 4. The van der Waals surface area contributed by atoms with Gasteiger partial charge in [0.05, 0.1) is 18.1 Å². The standard InChI is InChI=1S/C20H24N2O4S/c1-16-3-5-17(6-4-16)15-21(2)20(23)18-7-9-19(10-8-18)27(24,25)22-11-13-26-14-12-22/h3-10H,11-15H2,1-2H3. The molecule has 2 aromatic rings. The molecule has 1 fully saturated rings. The van der Waals surface area contributed by atoms with E-state index in [2.05, 4.69) is 0 Å². The van der Waals surface area contributed by atoms with Gasteiger partial charge in [0, 0.05) is 32.2 Å². The quantitative estimate of drug-likeness (QED) is 0.788. The van der Waals surface area contributed by atoms with Crippen molar-refractivity contribution >= 4 is 15.9 Å². The minimum absolute atomic E-state index is 0.147. The summed E-state index contributed by atoms with van der Waals surface area (Å²) in [5, 5.41) is 0. The molecule has 7 heteroatoms. The van der Waals surface area contributed by atoms with Gasteiger partial charge in [-0.05, 0) is 36.8 Å². The molecule has 0 unspecified atom stereocenters. The molecule has 6 nitrogen and oxygen atoms in total. The second kappa shape index (κ2) is 8.21. The van der Waals surface area contributed by atoms with Crippen molar-refractivity contribution in [2.45, 2.75) is 18.4 Å². The fraction of sp³-hybridized carbons (Fsp3) is 0.350. The molecule has 144 valence electrons. The van der Waals surface area contributed by atoms with Crippen LogP contribution in [0, 0.1) is 6.92 Å². The van der Waals surface area contributed by atoms with Crippen molar-refractivity contribution in [3.05, 3.63) is 65.2 Å². The average molecular weight is 388 g/mol. The van der Waals surface area contributed by atoms with Crippen LogP contribution in [-0.4, -0.2) is 56.9 Å². The average Bonchev–Trinajstić information content (AvgIpc) is 2.70. The number of benzene rings is 2. The van der Waals surface area contributed by atoms with Crippen LogP contribution in [0.5, 0.6) is 0 Å². The first-order valence-corrected chi connectivity index (χ1v) is 10.3. The Hall–Kier alpha value is -2.22. The number of amides is 1. The first-order valence-electron chi connectivity index (χ1n) is 8.87. The molecule has 1 saturated heterocycles. The molecular formula is C20H24N2O4S. The maximum atomic E-state index is 12.6. The fourth-order valence-corrected chi connectivity index (χ4v) is 4.37. The first-order chi connectivity index (χ1) is 12.9. The zero-order valence-electron chi connectivity index (χ0n) is 15.6. The zero-order valence-corrected chi connectivity index (χ0v) is 16.4. The number of ether oxygens (including phenoxy) is 1. The minimum Gasteiger partial charge on any atom is -0.379 e. The molecule has 1 aliphatic rings. The highest BCUT2D eigenvalue weighted by molar-refractivity contribution is 7.89. The molecule has 3 rings (SSSR count). The molecule has 27 heavy (non-hydrogen) atoms. The Bertz CT molecular complexity index is 887. The normalized spacial score (nSPS) is 15.5. The van der Waals surface area contributed by atoms with Gasteiger partial charge in [-0.2, -0.15) is 4.31 Å². The summed E-state index contributed by atoms with van der Waals surface area (Å²) in [7, 11) is -1.81. The van der Waals surface area contributed by atoms with E-state index in [0.717, 1.165) is 5.56 Å². The fourth-order valence-electron chi connectivity index (χ4n) is 2.97. The van der Waals surface area contributed by atoms with Gasteiger partial charge >= 0.3 is 0 Å². The molecule has 0 radical (unpaired) electrons. The summed E-state index contributed by atoms with van der Waals surface area (Å²) >= 11 is 0. The van der Waals surface area contributed by atoms with Crippen LogP contribution in [0.25, 0.3) is 0 Å². The number of morpholine rings is 1. The summed E-state index contributed by atoms with van der Waals surface area (Å²) in [4.78, 5) is 14.4. The first kappa shape index (κ1) is 19.5. The summed E-state index contributed by atoms with van der Waals surface area (Å²) < 4.78 is 31.9. The van der Waals surface area contributed by atoms with Gasteiger partial charge in [-0.3, -0.25) is 4.79 Å². The van der Waals surface area contributed by atoms with E-state index in [1.165, 1.54) is 22.0 Å². The molecule has 0 bridgehead atoms. The summed E-state index contributed by atoms with van der Waals surface area (Å²) in [5.74, 6) is -0.147. The van der Waals surface area contributed by atoms with E-state index < -0.39 is 10.0 Å². The Kier molecular flexibility index (Phi) is 5.94. The number of carbonyl (C=O) groups excluding carboxylic acids is 1. The van der Waals surface area contributed by atoms with Crippen molar-refractivity contribution < 1.29 is 17.9 Å². The Morgan fingerprint density at radius 1 is 1.04 bits per heavy atom. The molecule has 0 spiro atoms. The molecule has 2 aromatic carbocycles. The number of rotatable bonds is 5. The molecule has 0 aliphatic carbocycles. The predicted molar refractivity (Wildman–Crippen MR) is 103 cm³/mol. The van der Waals surface area contributed by atoms with E-state index in [0.29, 0.717) is 38.4 Å². The van der Waals surface area contributed by atoms with Crippen LogP contribution < -0.4 is 0 Å². The molecule has 0 saturated carbocycles. The van der Waals surface area contributed by atoms with Crippen LogP contribution in [-0.2, 0) is 21.3 Å². The Morgan fingerprint density at radius 2 is 1.63 bits per heavy atom. The van der Waals surface area contributed by atoms with Crippen molar-refractivity contribution in [3.8, 4) is 0 Å². The van der Waals surface area contributed by atoms with E-state index in [-0.39, 0.29) is 10.8 Å². The summed E-state index contributed by atoms with van der Waals surface area (Å²) in [5.41, 5.74) is 2.68. The minimum atomic E-state index is -3.55. The number of hydrogen-bond donors (Lipinski definition) is 0. The summed E-state index contributed by atoms with van der Waals surface area (Å²) in [6.07, 6.45) is 0. The lowest BCUT2D eigenvalue weighted by atomic mass is 10.1. The van der Waals surface area contributed by atoms with Gasteiger partial charge in [-0.15, -0.1) is 0 Å². The number of nitrogens with zero attached hydrogens (tertiary/aromatic N) is 2. The van der Waals surface area contributed by atoms with Crippen LogP contribution >= 0.6 is 0 Å². The van der Waals surface area contributed by atoms with Gasteiger partial charge in [0.15, 0.2) is 0 Å². The van der Waals surface area contributed by atoms with E-state index in [9.17, 15) is 13.2 Å². The molecule has 1 heterocycles. The molecule has 1 aliphatic heterocycles. The van der Waals surface area contributed by atoms with Gasteiger partial charge < -0.3 is 9.64 Å². The van der Waals surface area contributed by atoms with Gasteiger partial charge in [0.1, 0.15) is 0 Å². The van der Waals surface area contributed by atoms with E-state index in [1.54, 1.807) is 24.1 Å². The highest BCUT2D eigenvalue weighted by Crippen LogP contribution is 2.18. The van der Waals surface area contributed by atoms with Crippen LogP contribution in [0.15, 0.2) is 53.4 Å². The van der Waals surface area contributed by atoms with E-state index >= 15 is 0 Å². The molecule has 0 aromatic heterocycles. The van der Waals surface area contributed by atoms with Gasteiger partial charge in [-0.1, -0.05) is 29.8 Å². The zero-order chi connectivity index (χ0) is 19.4. The van der Waals surface area contributed by atoms with Crippen LogP contribution in [0.1, 0.15) is 21.5 Å². The van der Waals surface area contributed by atoms with Crippen molar-refractivity contribution in [1.82, 2.24) is 9.21 Å². The van der Waals surface area contributed by atoms with Gasteiger partial charge in [-0.25, -0.2) is 8.42 Å².